The zero-order valence-corrected chi connectivity index (χ0v) is 30.0. The SMILES string of the molecule is C=C[C@@H]1C[C@]1(NC(=O)[C@@H]1C[C@@H](Oc2cc(C(=O)C=[N+]=[N-])nc3c(C)c(C)ccc23)CN1C(=O)[C@@H](NC(=O)OC1CCCC1)C(C)(C)C)C(=O)OC. The summed E-state index contributed by atoms with van der Waals surface area (Å²) in [6.07, 6.45) is 4.37. The predicted octanol–water partition coefficient (Wildman–Crippen LogP) is 4.00. The number of methoxy groups -OCH3 is 1. The standard InChI is InChI=1S/C37H46N6O8/c1-8-22-17-37(22,34(47)49-7)42-32(45)27-15-24(19-43(27)33(46)31(36(4,5)6)41-35(48)51-23-11-9-10-12-23)50-29-16-26(28(44)18-39-38)40-30-21(3)20(2)13-14-25(29)30/h8,13-14,16,18,22-24,27,31H,1,9-12,15,17,19H2,2-7H3,(H,41,48)(H,42,45)/t22-,24-,27+,31-,37-/m1/s1. The average Bonchev–Trinajstić information content (AvgIpc) is 3.35. The van der Waals surface area contributed by atoms with E-state index in [1.165, 1.54) is 18.1 Å². The van der Waals surface area contributed by atoms with Crippen molar-refractivity contribution >= 4 is 46.8 Å². The highest BCUT2D eigenvalue weighted by Gasteiger charge is 2.62. The van der Waals surface area contributed by atoms with Gasteiger partial charge in [0.1, 0.15) is 41.3 Å². The largest absolute Gasteiger partial charge is 0.488 e. The Morgan fingerprint density at radius 2 is 1.84 bits per heavy atom. The van der Waals surface area contributed by atoms with Crippen LogP contribution in [0, 0.1) is 25.2 Å². The van der Waals surface area contributed by atoms with Gasteiger partial charge in [0.05, 0.1) is 19.2 Å². The van der Waals surface area contributed by atoms with E-state index in [1.54, 1.807) is 26.8 Å². The van der Waals surface area contributed by atoms with Gasteiger partial charge < -0.3 is 35.3 Å². The fourth-order valence-corrected chi connectivity index (χ4v) is 7.01. The minimum absolute atomic E-state index is 0.0208. The number of hydrogen-bond acceptors (Lipinski definition) is 9. The molecule has 2 aromatic rings. The summed E-state index contributed by atoms with van der Waals surface area (Å²) in [4.78, 5) is 76.0. The van der Waals surface area contributed by atoms with Crippen molar-refractivity contribution in [2.24, 2.45) is 11.3 Å². The number of fused-ring (bicyclic) bond motifs is 1. The van der Waals surface area contributed by atoms with E-state index >= 15 is 0 Å². The van der Waals surface area contributed by atoms with E-state index in [9.17, 15) is 24.0 Å². The number of esters is 1. The van der Waals surface area contributed by atoms with E-state index in [0.717, 1.165) is 43.0 Å². The maximum absolute atomic E-state index is 14.5. The number of ether oxygens (including phenoxy) is 3. The predicted molar refractivity (Wildman–Crippen MR) is 186 cm³/mol. The first-order valence-corrected chi connectivity index (χ1v) is 17.2. The number of pyridine rings is 1. The quantitative estimate of drug-likeness (QED) is 0.0871. The third-order valence-electron chi connectivity index (χ3n) is 10.2. The fourth-order valence-electron chi connectivity index (χ4n) is 7.01. The van der Waals surface area contributed by atoms with E-state index in [1.807, 2.05) is 26.0 Å². The van der Waals surface area contributed by atoms with Crippen LogP contribution in [0.3, 0.4) is 0 Å². The molecule has 2 aliphatic carbocycles. The third kappa shape index (κ3) is 7.65. The number of likely N-dealkylation sites (tertiary alicyclic amines) is 1. The number of benzene rings is 1. The van der Waals surface area contributed by atoms with Crippen LogP contribution >= 0.6 is 0 Å². The van der Waals surface area contributed by atoms with Crippen LogP contribution in [0.5, 0.6) is 5.75 Å². The molecule has 3 fully saturated rings. The first-order chi connectivity index (χ1) is 24.1. The maximum Gasteiger partial charge on any atom is 0.408 e. The molecule has 0 spiro atoms. The van der Waals surface area contributed by atoms with Crippen LogP contribution in [0.15, 0.2) is 30.9 Å². The third-order valence-corrected chi connectivity index (χ3v) is 10.2. The number of carbonyl (C=O) groups excluding carboxylic acids is 5. The zero-order valence-electron chi connectivity index (χ0n) is 30.0. The second-order valence-electron chi connectivity index (χ2n) is 14.8. The Morgan fingerprint density at radius 1 is 1.14 bits per heavy atom. The lowest BCUT2D eigenvalue weighted by Crippen LogP contribution is -2.59. The molecule has 0 bridgehead atoms. The molecule has 1 saturated heterocycles. The molecule has 1 aliphatic heterocycles. The van der Waals surface area contributed by atoms with Gasteiger partial charge >= 0.3 is 18.3 Å². The minimum atomic E-state index is -1.31. The number of Topliss-reactive ketones (excluding diaryl/α,β-unsaturated/α-hetero) is 1. The van der Waals surface area contributed by atoms with Crippen molar-refractivity contribution in [3.8, 4) is 5.75 Å². The van der Waals surface area contributed by atoms with Crippen molar-refractivity contribution in [2.45, 2.75) is 103 Å². The topological polar surface area (TPSA) is 190 Å². The summed E-state index contributed by atoms with van der Waals surface area (Å²) in [5.41, 5.74) is 9.14. The van der Waals surface area contributed by atoms with Gasteiger partial charge in [0.2, 0.25) is 11.8 Å². The van der Waals surface area contributed by atoms with E-state index in [4.69, 9.17) is 19.7 Å². The molecule has 1 aromatic heterocycles. The normalized spacial score (nSPS) is 23.5. The number of alkyl carbamates (subject to hydrolysis) is 1. The van der Waals surface area contributed by atoms with Gasteiger partial charge in [0, 0.05) is 23.8 Å². The molecule has 2 saturated carbocycles. The molecule has 0 unspecified atom stereocenters. The number of nitrogens with zero attached hydrogens (tertiary/aromatic N) is 4. The average molecular weight is 703 g/mol. The Kier molecular flexibility index (Phi) is 10.7. The number of amides is 3. The smallest absolute Gasteiger partial charge is 0.408 e. The van der Waals surface area contributed by atoms with Crippen molar-refractivity contribution in [1.29, 1.82) is 0 Å². The Hall–Kier alpha value is -5.10. The molecular weight excluding hydrogens is 656 g/mol. The van der Waals surface area contributed by atoms with Gasteiger partial charge in [-0.1, -0.05) is 32.9 Å². The van der Waals surface area contributed by atoms with Crippen molar-refractivity contribution < 1.29 is 43.0 Å². The molecule has 2 heterocycles. The second-order valence-corrected chi connectivity index (χ2v) is 14.8. The van der Waals surface area contributed by atoms with Gasteiger partial charge in [0.25, 0.3) is 5.78 Å². The van der Waals surface area contributed by atoms with Crippen molar-refractivity contribution in [2.75, 3.05) is 13.7 Å². The fraction of sp³-hybridized carbons (Fsp3) is 0.541. The number of ketones is 1. The number of hydrogen-bond donors (Lipinski definition) is 2. The summed E-state index contributed by atoms with van der Waals surface area (Å²) >= 11 is 0. The molecule has 14 heteroatoms. The lowest BCUT2D eigenvalue weighted by Gasteiger charge is -2.35. The molecule has 2 N–H and O–H groups in total. The lowest BCUT2D eigenvalue weighted by atomic mass is 9.85. The highest BCUT2D eigenvalue weighted by atomic mass is 16.6. The van der Waals surface area contributed by atoms with E-state index in [-0.39, 0.29) is 36.4 Å². The van der Waals surface area contributed by atoms with Crippen molar-refractivity contribution in [3.63, 3.8) is 0 Å². The summed E-state index contributed by atoms with van der Waals surface area (Å²) in [6, 6.07) is 2.96. The first-order valence-electron chi connectivity index (χ1n) is 17.2. The monoisotopic (exact) mass is 702 g/mol. The highest BCUT2D eigenvalue weighted by molar-refractivity contribution is 6.33. The number of aryl methyl sites for hydroxylation is 2. The summed E-state index contributed by atoms with van der Waals surface area (Å²) in [5, 5.41) is 6.20. The van der Waals surface area contributed by atoms with E-state index in [2.05, 4.69) is 27.0 Å². The van der Waals surface area contributed by atoms with Crippen molar-refractivity contribution in [3.05, 3.63) is 53.2 Å². The summed E-state index contributed by atoms with van der Waals surface area (Å²) in [6.45, 7) is 12.9. The Morgan fingerprint density at radius 3 is 2.45 bits per heavy atom. The minimum Gasteiger partial charge on any atom is -0.488 e. The molecule has 5 atom stereocenters. The van der Waals surface area contributed by atoms with Gasteiger partial charge in [-0.05, 0) is 68.6 Å². The maximum atomic E-state index is 14.5. The van der Waals surface area contributed by atoms with Crippen LogP contribution in [0.25, 0.3) is 16.4 Å². The van der Waals surface area contributed by atoms with Crippen LogP contribution in [0.2, 0.25) is 0 Å². The van der Waals surface area contributed by atoms with Gasteiger partial charge in [-0.25, -0.2) is 14.6 Å². The van der Waals surface area contributed by atoms with Crippen LogP contribution in [0.4, 0.5) is 4.79 Å². The summed E-state index contributed by atoms with van der Waals surface area (Å²) < 4.78 is 17.1. The Bertz CT molecular complexity index is 1810. The number of rotatable bonds is 11. The van der Waals surface area contributed by atoms with E-state index in [0.29, 0.717) is 17.3 Å². The molecule has 272 valence electrons. The van der Waals surface area contributed by atoms with Crippen LogP contribution in [-0.4, -0.2) is 94.0 Å². The van der Waals surface area contributed by atoms with Gasteiger partial charge in [-0.15, -0.1) is 6.58 Å². The zero-order chi connectivity index (χ0) is 37.2. The molecule has 14 nitrogen and oxygen atoms in total. The van der Waals surface area contributed by atoms with Gasteiger partial charge in [-0.2, -0.15) is 4.79 Å². The molecule has 3 amide bonds. The number of nitrogens with one attached hydrogen (secondary N) is 2. The Labute approximate surface area is 296 Å². The van der Waals surface area contributed by atoms with Crippen LogP contribution < -0.4 is 15.4 Å². The molecular formula is C37H46N6O8. The van der Waals surface area contributed by atoms with Crippen molar-refractivity contribution in [1.82, 2.24) is 20.5 Å². The van der Waals surface area contributed by atoms with Gasteiger partial charge in [-0.3, -0.25) is 14.4 Å². The van der Waals surface area contributed by atoms with Crippen LogP contribution in [0.1, 0.15) is 80.9 Å². The van der Waals surface area contributed by atoms with Gasteiger partial charge in [0.15, 0.2) is 0 Å². The summed E-state index contributed by atoms with van der Waals surface area (Å²) in [7, 11) is 1.24. The molecule has 3 aliphatic rings. The number of carbonyl (C=O) groups is 5. The lowest BCUT2D eigenvalue weighted by molar-refractivity contribution is -0.148. The molecule has 0 radical (unpaired) electrons. The first kappa shape index (κ1) is 37.2. The number of aromatic nitrogens is 1. The molecule has 5 rings (SSSR count). The summed E-state index contributed by atoms with van der Waals surface area (Å²) in [5.74, 6) is -2.46. The Balaban J connectivity index is 1.49. The molecule has 51 heavy (non-hydrogen) atoms. The van der Waals surface area contributed by atoms with E-state index < -0.39 is 58.8 Å². The molecule has 1 aromatic carbocycles. The second kappa shape index (κ2) is 14.6. The highest BCUT2D eigenvalue weighted by Crippen LogP contribution is 2.45. The van der Waals surface area contributed by atoms with Crippen LogP contribution in [-0.2, 0) is 23.9 Å².